The van der Waals surface area contributed by atoms with Crippen molar-refractivity contribution in [1.82, 2.24) is 0 Å². The Morgan fingerprint density at radius 3 is 2.55 bits per heavy atom. The second-order valence-electron chi connectivity index (χ2n) is 5.94. The Bertz CT molecular complexity index is 462. The first-order chi connectivity index (χ1) is 9.83. The van der Waals surface area contributed by atoms with Crippen LogP contribution in [0.2, 0.25) is 0 Å². The predicted molar refractivity (Wildman–Crippen MR) is 81.6 cm³/mol. The Kier molecular flexibility index (Phi) is 4.16. The molecular formula is C17H25NO2. The normalized spacial score (nSPS) is 19.2. The molecule has 0 amide bonds. The van der Waals surface area contributed by atoms with Gasteiger partial charge in [-0.3, -0.25) is 0 Å². The maximum Gasteiger partial charge on any atom is 0.143 e. The lowest BCUT2D eigenvalue weighted by atomic mass is 10.0. The molecule has 0 unspecified atom stereocenters. The van der Waals surface area contributed by atoms with Gasteiger partial charge in [-0.05, 0) is 62.1 Å². The Morgan fingerprint density at radius 2 is 1.95 bits per heavy atom. The van der Waals surface area contributed by atoms with Gasteiger partial charge >= 0.3 is 0 Å². The van der Waals surface area contributed by atoms with Gasteiger partial charge in [-0.1, -0.05) is 6.07 Å². The molecule has 2 aliphatic rings. The Labute approximate surface area is 121 Å². The summed E-state index contributed by atoms with van der Waals surface area (Å²) < 4.78 is 5.90. The highest BCUT2D eigenvalue weighted by molar-refractivity contribution is 5.67. The minimum atomic E-state index is 0.0973. The van der Waals surface area contributed by atoms with Crippen LogP contribution in [-0.4, -0.2) is 24.8 Å². The summed E-state index contributed by atoms with van der Waals surface area (Å²) in [5.74, 6) is 1.65. The van der Waals surface area contributed by atoms with Crippen molar-refractivity contribution in [2.45, 2.75) is 51.6 Å². The van der Waals surface area contributed by atoms with E-state index in [0.29, 0.717) is 12.5 Å². The van der Waals surface area contributed by atoms with Crippen LogP contribution in [0.4, 0.5) is 5.69 Å². The van der Waals surface area contributed by atoms with Gasteiger partial charge in [0.15, 0.2) is 0 Å². The topological polar surface area (TPSA) is 32.7 Å². The molecule has 0 aromatic heterocycles. The molecule has 110 valence electrons. The van der Waals surface area contributed by atoms with Crippen LogP contribution >= 0.6 is 0 Å². The molecule has 1 heterocycles. The minimum absolute atomic E-state index is 0.0973. The lowest BCUT2D eigenvalue weighted by Gasteiger charge is -2.32. The third kappa shape index (κ3) is 2.78. The van der Waals surface area contributed by atoms with Crippen LogP contribution in [0.15, 0.2) is 12.1 Å². The van der Waals surface area contributed by atoms with Crippen molar-refractivity contribution >= 4 is 5.69 Å². The Balaban J connectivity index is 2.02. The maximum absolute atomic E-state index is 9.49. The number of aliphatic hydroxyl groups is 1. The van der Waals surface area contributed by atoms with Gasteiger partial charge in [0.25, 0.3) is 0 Å². The van der Waals surface area contributed by atoms with Gasteiger partial charge < -0.3 is 14.7 Å². The van der Waals surface area contributed by atoms with E-state index in [1.807, 2.05) is 13.0 Å². The van der Waals surface area contributed by atoms with E-state index >= 15 is 0 Å². The number of ether oxygens (including phenoxy) is 1. The number of benzene rings is 1. The molecule has 0 spiro atoms. The monoisotopic (exact) mass is 275 g/mol. The fourth-order valence-electron chi connectivity index (χ4n) is 3.21. The second kappa shape index (κ2) is 6.04. The molecule has 1 N–H and O–H groups in total. The van der Waals surface area contributed by atoms with Gasteiger partial charge in [-0.15, -0.1) is 0 Å². The number of anilines is 1. The number of nitrogens with zero attached hydrogens (tertiary/aromatic N) is 1. The molecule has 2 fully saturated rings. The fourth-order valence-corrected chi connectivity index (χ4v) is 3.21. The number of hydrogen-bond donors (Lipinski definition) is 1. The van der Waals surface area contributed by atoms with Crippen molar-refractivity contribution < 1.29 is 9.84 Å². The smallest absolute Gasteiger partial charge is 0.143 e. The van der Waals surface area contributed by atoms with Crippen LogP contribution in [-0.2, 0) is 6.61 Å². The zero-order valence-corrected chi connectivity index (χ0v) is 12.4. The van der Waals surface area contributed by atoms with Crippen molar-refractivity contribution in [2.24, 2.45) is 0 Å². The molecule has 0 radical (unpaired) electrons. The van der Waals surface area contributed by atoms with Gasteiger partial charge in [-0.2, -0.15) is 0 Å². The summed E-state index contributed by atoms with van der Waals surface area (Å²) in [6, 6.07) is 4.23. The average molecular weight is 275 g/mol. The molecule has 1 saturated carbocycles. The summed E-state index contributed by atoms with van der Waals surface area (Å²) in [6.45, 7) is 5.08. The van der Waals surface area contributed by atoms with Crippen molar-refractivity contribution in [3.63, 3.8) is 0 Å². The van der Waals surface area contributed by atoms with Crippen LogP contribution < -0.4 is 9.64 Å². The number of aliphatic hydroxyl groups excluding tert-OH is 1. The summed E-state index contributed by atoms with van der Waals surface area (Å²) in [5.41, 5.74) is 3.70. The van der Waals surface area contributed by atoms with Gasteiger partial charge in [0, 0.05) is 13.1 Å². The van der Waals surface area contributed by atoms with Gasteiger partial charge in [0.1, 0.15) is 5.75 Å². The van der Waals surface area contributed by atoms with Crippen LogP contribution in [0.1, 0.15) is 56.1 Å². The predicted octanol–water partition coefficient (Wildman–Crippen LogP) is 3.45. The highest BCUT2D eigenvalue weighted by atomic mass is 16.5. The average Bonchev–Trinajstić information content (AvgIpc) is 3.32. The van der Waals surface area contributed by atoms with Gasteiger partial charge in [0.05, 0.1) is 18.9 Å². The third-order valence-corrected chi connectivity index (χ3v) is 4.34. The standard InChI is InChI=1S/C17H25NO2/c1-2-20-16-11-13(12-19)10-15(14-6-7-14)17(16)18-8-4-3-5-9-18/h10-11,14,19H,2-9,12H2,1H3. The zero-order chi connectivity index (χ0) is 13.9. The Morgan fingerprint density at radius 1 is 1.20 bits per heavy atom. The molecule has 3 nitrogen and oxygen atoms in total. The van der Waals surface area contributed by atoms with E-state index in [-0.39, 0.29) is 6.61 Å². The van der Waals surface area contributed by atoms with Crippen LogP contribution in [0, 0.1) is 0 Å². The second-order valence-corrected chi connectivity index (χ2v) is 5.94. The van der Waals surface area contributed by atoms with Crippen LogP contribution in [0.3, 0.4) is 0 Å². The number of rotatable bonds is 5. The van der Waals surface area contributed by atoms with E-state index in [1.165, 1.54) is 43.4 Å². The van der Waals surface area contributed by atoms with Crippen molar-refractivity contribution in [3.8, 4) is 5.75 Å². The van der Waals surface area contributed by atoms with E-state index in [1.54, 1.807) is 0 Å². The van der Waals surface area contributed by atoms with E-state index in [2.05, 4.69) is 11.0 Å². The first-order valence-electron chi connectivity index (χ1n) is 7.99. The molecular weight excluding hydrogens is 250 g/mol. The van der Waals surface area contributed by atoms with Crippen molar-refractivity contribution in [2.75, 3.05) is 24.6 Å². The molecule has 1 aliphatic heterocycles. The maximum atomic E-state index is 9.49. The lowest BCUT2D eigenvalue weighted by molar-refractivity contribution is 0.280. The van der Waals surface area contributed by atoms with E-state index in [0.717, 1.165) is 24.4 Å². The lowest BCUT2D eigenvalue weighted by Crippen LogP contribution is -2.30. The third-order valence-electron chi connectivity index (χ3n) is 4.34. The highest BCUT2D eigenvalue weighted by Gasteiger charge is 2.30. The quantitative estimate of drug-likeness (QED) is 0.893. The molecule has 0 atom stereocenters. The molecule has 1 saturated heterocycles. The van der Waals surface area contributed by atoms with Gasteiger partial charge in [0.2, 0.25) is 0 Å². The van der Waals surface area contributed by atoms with E-state index in [4.69, 9.17) is 4.74 Å². The molecule has 1 aromatic rings. The summed E-state index contributed by atoms with van der Waals surface area (Å²) in [5, 5.41) is 9.49. The molecule has 3 heteroatoms. The SMILES string of the molecule is CCOc1cc(CO)cc(C2CC2)c1N1CCCCC1. The molecule has 1 aromatic carbocycles. The molecule has 0 bridgehead atoms. The fraction of sp³-hybridized carbons (Fsp3) is 0.647. The first-order valence-corrected chi connectivity index (χ1v) is 7.99. The minimum Gasteiger partial charge on any atom is -0.492 e. The zero-order valence-electron chi connectivity index (χ0n) is 12.4. The van der Waals surface area contributed by atoms with Crippen LogP contribution in [0.25, 0.3) is 0 Å². The summed E-state index contributed by atoms with van der Waals surface area (Å²) in [6.07, 6.45) is 6.45. The molecule has 1 aliphatic carbocycles. The number of piperidine rings is 1. The Hall–Kier alpha value is -1.22. The molecule has 20 heavy (non-hydrogen) atoms. The number of hydrogen-bond acceptors (Lipinski definition) is 3. The van der Waals surface area contributed by atoms with Crippen molar-refractivity contribution in [1.29, 1.82) is 0 Å². The van der Waals surface area contributed by atoms with Gasteiger partial charge in [-0.25, -0.2) is 0 Å². The highest BCUT2D eigenvalue weighted by Crippen LogP contribution is 2.48. The van der Waals surface area contributed by atoms with Crippen molar-refractivity contribution in [3.05, 3.63) is 23.3 Å². The summed E-state index contributed by atoms with van der Waals surface area (Å²) >= 11 is 0. The first kappa shape index (κ1) is 13.7. The summed E-state index contributed by atoms with van der Waals surface area (Å²) in [7, 11) is 0. The molecule has 3 rings (SSSR count). The van der Waals surface area contributed by atoms with Crippen LogP contribution in [0.5, 0.6) is 5.75 Å². The summed E-state index contributed by atoms with van der Waals surface area (Å²) in [4.78, 5) is 2.50. The largest absolute Gasteiger partial charge is 0.492 e. The van der Waals surface area contributed by atoms with E-state index in [9.17, 15) is 5.11 Å². The van der Waals surface area contributed by atoms with E-state index < -0.39 is 0 Å².